The van der Waals surface area contributed by atoms with Gasteiger partial charge in [0, 0.05) is 19.1 Å². The number of hydrogen-bond acceptors (Lipinski definition) is 4. The fraction of sp³-hybridized carbons (Fsp3) is 0.917. The number of carbonyl (C=O) groups is 1. The molecule has 0 saturated carbocycles. The van der Waals surface area contributed by atoms with Crippen LogP contribution in [-0.2, 0) is 4.79 Å². The molecule has 2 aliphatic heterocycles. The molecule has 17 heavy (non-hydrogen) atoms. The third kappa shape index (κ3) is 2.78. The SMILES string of the molecule is CN1CCC(N2CCC(N)(C(=O)O)CC2)CC1. The van der Waals surface area contributed by atoms with Crippen LogP contribution in [0.4, 0.5) is 0 Å². The summed E-state index contributed by atoms with van der Waals surface area (Å²) < 4.78 is 0. The monoisotopic (exact) mass is 241 g/mol. The second-order valence-electron chi connectivity index (χ2n) is 5.53. The van der Waals surface area contributed by atoms with E-state index < -0.39 is 11.5 Å². The van der Waals surface area contributed by atoms with Crippen molar-refractivity contribution in [2.75, 3.05) is 33.2 Å². The van der Waals surface area contributed by atoms with Gasteiger partial charge < -0.3 is 20.6 Å². The van der Waals surface area contributed by atoms with Gasteiger partial charge in [-0.1, -0.05) is 0 Å². The average Bonchev–Trinajstić information content (AvgIpc) is 2.31. The Morgan fingerprint density at radius 2 is 1.76 bits per heavy atom. The molecule has 98 valence electrons. The molecular weight excluding hydrogens is 218 g/mol. The summed E-state index contributed by atoms with van der Waals surface area (Å²) in [6, 6.07) is 0.629. The van der Waals surface area contributed by atoms with Crippen molar-refractivity contribution in [3.05, 3.63) is 0 Å². The zero-order chi connectivity index (χ0) is 12.5. The quantitative estimate of drug-likeness (QED) is 0.710. The second-order valence-corrected chi connectivity index (χ2v) is 5.53. The summed E-state index contributed by atoms with van der Waals surface area (Å²) in [5.41, 5.74) is 4.90. The van der Waals surface area contributed by atoms with E-state index in [1.165, 1.54) is 12.8 Å². The van der Waals surface area contributed by atoms with E-state index in [2.05, 4.69) is 16.8 Å². The minimum absolute atomic E-state index is 0.578. The highest BCUT2D eigenvalue weighted by atomic mass is 16.4. The van der Waals surface area contributed by atoms with Crippen molar-refractivity contribution in [2.45, 2.75) is 37.3 Å². The molecule has 0 spiro atoms. The highest BCUT2D eigenvalue weighted by molar-refractivity contribution is 5.78. The van der Waals surface area contributed by atoms with Crippen molar-refractivity contribution < 1.29 is 9.90 Å². The normalized spacial score (nSPS) is 28.1. The smallest absolute Gasteiger partial charge is 0.323 e. The van der Waals surface area contributed by atoms with Gasteiger partial charge in [0.25, 0.3) is 0 Å². The van der Waals surface area contributed by atoms with Gasteiger partial charge in [0.15, 0.2) is 0 Å². The van der Waals surface area contributed by atoms with Gasteiger partial charge in [0.1, 0.15) is 5.54 Å². The van der Waals surface area contributed by atoms with Crippen LogP contribution in [0.3, 0.4) is 0 Å². The molecule has 0 amide bonds. The Bertz CT molecular complexity index is 279. The lowest BCUT2D eigenvalue weighted by Crippen LogP contribution is -2.58. The Labute approximate surface area is 103 Å². The van der Waals surface area contributed by atoms with E-state index in [0.29, 0.717) is 18.9 Å². The van der Waals surface area contributed by atoms with E-state index in [1.54, 1.807) is 0 Å². The summed E-state index contributed by atoms with van der Waals surface area (Å²) in [6.45, 7) is 3.95. The fourth-order valence-corrected chi connectivity index (χ4v) is 2.86. The van der Waals surface area contributed by atoms with E-state index in [-0.39, 0.29) is 0 Å². The van der Waals surface area contributed by atoms with Crippen molar-refractivity contribution in [1.29, 1.82) is 0 Å². The number of nitrogens with two attached hydrogens (primary N) is 1. The van der Waals surface area contributed by atoms with E-state index >= 15 is 0 Å². The largest absolute Gasteiger partial charge is 0.480 e. The molecule has 0 unspecified atom stereocenters. The van der Waals surface area contributed by atoms with Crippen LogP contribution in [0, 0.1) is 0 Å². The number of piperidine rings is 2. The summed E-state index contributed by atoms with van der Waals surface area (Å²) in [5, 5.41) is 9.08. The van der Waals surface area contributed by atoms with Crippen LogP contribution in [0.25, 0.3) is 0 Å². The molecule has 2 heterocycles. The molecule has 3 N–H and O–H groups in total. The Morgan fingerprint density at radius 1 is 1.24 bits per heavy atom. The number of nitrogens with zero attached hydrogens (tertiary/aromatic N) is 2. The van der Waals surface area contributed by atoms with Crippen molar-refractivity contribution >= 4 is 5.97 Å². The number of rotatable bonds is 2. The van der Waals surface area contributed by atoms with Crippen LogP contribution in [-0.4, -0.2) is 65.7 Å². The van der Waals surface area contributed by atoms with Crippen LogP contribution in [0.2, 0.25) is 0 Å². The standard InChI is InChI=1S/C12H23N3O2/c1-14-6-2-10(3-7-14)15-8-4-12(13,5-9-15)11(16)17/h10H,2-9,13H2,1H3,(H,16,17). The predicted octanol–water partition coefficient (Wildman–Crippen LogP) is -0.0415. The maximum absolute atomic E-state index is 11.1. The third-order valence-corrected chi connectivity index (χ3v) is 4.32. The van der Waals surface area contributed by atoms with E-state index in [9.17, 15) is 4.79 Å². The number of carboxylic acid groups (broad SMARTS) is 1. The first kappa shape index (κ1) is 12.8. The molecule has 2 saturated heterocycles. The molecule has 2 rings (SSSR count). The molecule has 5 heteroatoms. The Balaban J connectivity index is 1.85. The molecule has 2 aliphatic rings. The molecule has 0 aromatic heterocycles. The molecule has 0 atom stereocenters. The van der Waals surface area contributed by atoms with Crippen LogP contribution in [0.5, 0.6) is 0 Å². The zero-order valence-corrected chi connectivity index (χ0v) is 10.6. The molecule has 0 aliphatic carbocycles. The number of likely N-dealkylation sites (tertiary alicyclic amines) is 2. The molecule has 0 aromatic rings. The topological polar surface area (TPSA) is 69.8 Å². The van der Waals surface area contributed by atoms with Crippen LogP contribution >= 0.6 is 0 Å². The van der Waals surface area contributed by atoms with Gasteiger partial charge in [0.2, 0.25) is 0 Å². The Morgan fingerprint density at radius 3 is 2.24 bits per heavy atom. The number of aliphatic carboxylic acids is 1. The lowest BCUT2D eigenvalue weighted by Gasteiger charge is -2.43. The Hall–Kier alpha value is -0.650. The maximum atomic E-state index is 11.1. The summed E-state index contributed by atoms with van der Waals surface area (Å²) in [6.07, 6.45) is 3.55. The van der Waals surface area contributed by atoms with E-state index in [1.807, 2.05) is 0 Å². The summed E-state index contributed by atoms with van der Waals surface area (Å²) in [4.78, 5) is 15.8. The molecule has 2 fully saturated rings. The van der Waals surface area contributed by atoms with Gasteiger partial charge in [-0.05, 0) is 45.8 Å². The predicted molar refractivity (Wildman–Crippen MR) is 65.9 cm³/mol. The number of hydrogen-bond donors (Lipinski definition) is 2. The first-order chi connectivity index (χ1) is 8.01. The summed E-state index contributed by atoms with van der Waals surface area (Å²) in [7, 11) is 2.15. The van der Waals surface area contributed by atoms with Crippen LogP contribution in [0.15, 0.2) is 0 Å². The van der Waals surface area contributed by atoms with Gasteiger partial charge in [-0.15, -0.1) is 0 Å². The first-order valence-electron chi connectivity index (χ1n) is 6.46. The van der Waals surface area contributed by atoms with Crippen molar-refractivity contribution in [3.63, 3.8) is 0 Å². The maximum Gasteiger partial charge on any atom is 0.323 e. The molecule has 0 radical (unpaired) electrons. The molecule has 5 nitrogen and oxygen atoms in total. The van der Waals surface area contributed by atoms with Crippen LogP contribution < -0.4 is 5.73 Å². The van der Waals surface area contributed by atoms with Crippen molar-refractivity contribution in [2.24, 2.45) is 5.73 Å². The van der Waals surface area contributed by atoms with Crippen molar-refractivity contribution in [3.8, 4) is 0 Å². The summed E-state index contributed by atoms with van der Waals surface area (Å²) in [5.74, 6) is -0.847. The van der Waals surface area contributed by atoms with E-state index in [4.69, 9.17) is 10.8 Å². The third-order valence-electron chi connectivity index (χ3n) is 4.32. The first-order valence-corrected chi connectivity index (χ1v) is 6.46. The molecular formula is C12H23N3O2. The lowest BCUT2D eigenvalue weighted by atomic mass is 9.87. The highest BCUT2D eigenvalue weighted by Crippen LogP contribution is 2.25. The molecule has 0 bridgehead atoms. The average molecular weight is 241 g/mol. The molecule has 0 aromatic carbocycles. The minimum Gasteiger partial charge on any atom is -0.480 e. The van der Waals surface area contributed by atoms with Crippen LogP contribution in [0.1, 0.15) is 25.7 Å². The minimum atomic E-state index is -0.984. The zero-order valence-electron chi connectivity index (χ0n) is 10.6. The highest BCUT2D eigenvalue weighted by Gasteiger charge is 2.39. The van der Waals surface area contributed by atoms with Gasteiger partial charge >= 0.3 is 5.97 Å². The van der Waals surface area contributed by atoms with Gasteiger partial charge in [-0.25, -0.2) is 0 Å². The second kappa shape index (κ2) is 4.92. The van der Waals surface area contributed by atoms with Gasteiger partial charge in [0.05, 0.1) is 0 Å². The Kier molecular flexibility index (Phi) is 3.70. The lowest BCUT2D eigenvalue weighted by molar-refractivity contribution is -0.145. The fourth-order valence-electron chi connectivity index (χ4n) is 2.86. The van der Waals surface area contributed by atoms with Crippen molar-refractivity contribution in [1.82, 2.24) is 9.80 Å². The van der Waals surface area contributed by atoms with E-state index in [0.717, 1.165) is 26.2 Å². The summed E-state index contributed by atoms with van der Waals surface area (Å²) >= 11 is 0. The number of carboxylic acids is 1. The van der Waals surface area contributed by atoms with Gasteiger partial charge in [-0.3, -0.25) is 4.79 Å². The van der Waals surface area contributed by atoms with Gasteiger partial charge in [-0.2, -0.15) is 0 Å².